The standard InChI is InChI=1S/C45H27N3O2/c1-2-8-28(9-3-1)29-16-18-30(19-17-29)39-27-40(31-22-24-46-25-23-31)48-45(47-39)32-20-21-34-36-12-7-14-38(44(36)50-42(34)26-32)37-13-6-11-35-33-10-4-5-15-41(33)49-43(35)37/h1-27H. The van der Waals surface area contributed by atoms with E-state index in [0.29, 0.717) is 5.82 Å². The number of nitrogens with zero attached hydrogens (tertiary/aromatic N) is 3. The second kappa shape index (κ2) is 11.4. The van der Waals surface area contributed by atoms with E-state index in [1.807, 2.05) is 42.5 Å². The zero-order chi connectivity index (χ0) is 33.0. The maximum absolute atomic E-state index is 6.70. The van der Waals surface area contributed by atoms with Gasteiger partial charge in [0.2, 0.25) is 0 Å². The van der Waals surface area contributed by atoms with Crippen LogP contribution in [0, 0.1) is 0 Å². The third-order valence-corrected chi connectivity index (χ3v) is 9.44. The van der Waals surface area contributed by atoms with E-state index >= 15 is 0 Å². The van der Waals surface area contributed by atoms with Gasteiger partial charge < -0.3 is 8.83 Å². The minimum absolute atomic E-state index is 0.621. The van der Waals surface area contributed by atoms with E-state index in [9.17, 15) is 0 Å². The van der Waals surface area contributed by atoms with Gasteiger partial charge in [-0.2, -0.15) is 0 Å². The SMILES string of the molecule is c1ccc(-c2ccc(-c3cc(-c4ccncc4)nc(-c4ccc5c(c4)oc4c(-c6cccc7c6oc6ccccc67)cccc45)n3)cc2)cc1. The zero-order valence-electron chi connectivity index (χ0n) is 26.7. The Morgan fingerprint density at radius 1 is 0.360 bits per heavy atom. The molecule has 0 fully saturated rings. The van der Waals surface area contributed by atoms with Gasteiger partial charge in [-0.3, -0.25) is 4.98 Å². The lowest BCUT2D eigenvalue weighted by atomic mass is 10.00. The Balaban J connectivity index is 1.11. The molecule has 4 heterocycles. The van der Waals surface area contributed by atoms with Crippen molar-refractivity contribution < 1.29 is 8.83 Å². The van der Waals surface area contributed by atoms with Crippen molar-refractivity contribution in [2.75, 3.05) is 0 Å². The number of fused-ring (bicyclic) bond motifs is 6. The van der Waals surface area contributed by atoms with Crippen LogP contribution in [0.2, 0.25) is 0 Å². The van der Waals surface area contributed by atoms with E-state index < -0.39 is 0 Å². The van der Waals surface area contributed by atoms with E-state index in [4.69, 9.17) is 18.8 Å². The highest BCUT2D eigenvalue weighted by Crippen LogP contribution is 2.41. The van der Waals surface area contributed by atoms with E-state index in [-0.39, 0.29) is 0 Å². The molecule has 0 aliphatic rings. The summed E-state index contributed by atoms with van der Waals surface area (Å²) in [5.74, 6) is 0.621. The maximum atomic E-state index is 6.70. The molecule has 0 atom stereocenters. The Morgan fingerprint density at radius 3 is 1.62 bits per heavy atom. The highest BCUT2D eigenvalue weighted by molar-refractivity contribution is 6.15. The molecule has 0 bridgehead atoms. The van der Waals surface area contributed by atoms with E-state index in [0.717, 1.165) is 88.6 Å². The average Bonchev–Trinajstić information content (AvgIpc) is 3.77. The van der Waals surface area contributed by atoms with Gasteiger partial charge in [-0.1, -0.05) is 115 Å². The first-order valence-electron chi connectivity index (χ1n) is 16.6. The molecule has 0 spiro atoms. The predicted molar refractivity (Wildman–Crippen MR) is 202 cm³/mol. The molecule has 0 saturated carbocycles. The Kier molecular flexibility index (Phi) is 6.42. The lowest BCUT2D eigenvalue weighted by Gasteiger charge is -2.10. The van der Waals surface area contributed by atoms with Gasteiger partial charge in [0.05, 0.1) is 11.4 Å². The summed E-state index contributed by atoms with van der Waals surface area (Å²) in [4.78, 5) is 14.4. The normalized spacial score (nSPS) is 11.6. The highest BCUT2D eigenvalue weighted by atomic mass is 16.3. The van der Waals surface area contributed by atoms with E-state index in [1.54, 1.807) is 12.4 Å². The maximum Gasteiger partial charge on any atom is 0.160 e. The first-order chi connectivity index (χ1) is 24.8. The predicted octanol–water partition coefficient (Wildman–Crippen LogP) is 12.0. The summed E-state index contributed by atoms with van der Waals surface area (Å²) >= 11 is 0. The molecular formula is C45H27N3O2. The van der Waals surface area contributed by atoms with Crippen molar-refractivity contribution in [3.05, 3.63) is 164 Å². The van der Waals surface area contributed by atoms with Crippen molar-refractivity contribution in [3.8, 4) is 56.2 Å². The molecule has 0 saturated heterocycles. The lowest BCUT2D eigenvalue weighted by Crippen LogP contribution is -1.96. The molecule has 0 amide bonds. The summed E-state index contributed by atoms with van der Waals surface area (Å²) in [7, 11) is 0. The molecule has 0 unspecified atom stereocenters. The Morgan fingerprint density at radius 2 is 0.900 bits per heavy atom. The first-order valence-corrected chi connectivity index (χ1v) is 16.6. The van der Waals surface area contributed by atoms with Crippen molar-refractivity contribution >= 4 is 43.9 Å². The van der Waals surface area contributed by atoms with Crippen LogP contribution in [-0.4, -0.2) is 15.0 Å². The topological polar surface area (TPSA) is 65.0 Å². The summed E-state index contributed by atoms with van der Waals surface area (Å²) < 4.78 is 13.1. The number of para-hydroxylation sites is 3. The Labute approximate surface area is 287 Å². The van der Waals surface area contributed by atoms with Gasteiger partial charge in [0, 0.05) is 61.8 Å². The molecule has 0 aliphatic heterocycles. The number of hydrogen-bond acceptors (Lipinski definition) is 5. The van der Waals surface area contributed by atoms with Crippen LogP contribution in [0.5, 0.6) is 0 Å². The molecule has 10 aromatic rings. The third-order valence-electron chi connectivity index (χ3n) is 9.44. The summed E-state index contributed by atoms with van der Waals surface area (Å²) in [5, 5.41) is 4.27. The molecular weight excluding hydrogens is 615 g/mol. The number of hydrogen-bond donors (Lipinski definition) is 0. The first kappa shape index (κ1) is 28.2. The van der Waals surface area contributed by atoms with Crippen LogP contribution in [0.3, 0.4) is 0 Å². The van der Waals surface area contributed by atoms with Crippen LogP contribution < -0.4 is 0 Å². The fourth-order valence-electron chi connectivity index (χ4n) is 6.97. The van der Waals surface area contributed by atoms with Crippen molar-refractivity contribution in [2.24, 2.45) is 0 Å². The molecule has 6 aromatic carbocycles. The molecule has 4 aromatic heterocycles. The van der Waals surface area contributed by atoms with Crippen LogP contribution in [-0.2, 0) is 0 Å². The number of benzene rings is 6. The molecule has 5 nitrogen and oxygen atoms in total. The summed E-state index contributed by atoms with van der Waals surface area (Å²) in [5.41, 5.74) is 12.2. The average molecular weight is 642 g/mol. The fourth-order valence-corrected chi connectivity index (χ4v) is 6.97. The van der Waals surface area contributed by atoms with Crippen molar-refractivity contribution in [1.82, 2.24) is 15.0 Å². The van der Waals surface area contributed by atoms with Gasteiger partial charge in [0.15, 0.2) is 5.82 Å². The van der Waals surface area contributed by atoms with Crippen LogP contribution in [0.25, 0.3) is 100 Å². The Hall–Kier alpha value is -6.85. The molecule has 0 radical (unpaired) electrons. The van der Waals surface area contributed by atoms with Crippen LogP contribution in [0.4, 0.5) is 0 Å². The summed E-state index contributed by atoms with van der Waals surface area (Å²) in [6.07, 6.45) is 3.57. The quantitative estimate of drug-likeness (QED) is 0.187. The number of rotatable bonds is 5. The van der Waals surface area contributed by atoms with Crippen molar-refractivity contribution in [2.45, 2.75) is 0 Å². The second-order valence-electron chi connectivity index (χ2n) is 12.4. The lowest BCUT2D eigenvalue weighted by molar-refractivity contribution is 0.665. The van der Waals surface area contributed by atoms with Crippen LogP contribution >= 0.6 is 0 Å². The van der Waals surface area contributed by atoms with Gasteiger partial charge in [0.1, 0.15) is 22.3 Å². The van der Waals surface area contributed by atoms with Crippen molar-refractivity contribution in [3.63, 3.8) is 0 Å². The van der Waals surface area contributed by atoms with E-state index in [2.05, 4.69) is 114 Å². The Bertz CT molecular complexity index is 2850. The van der Waals surface area contributed by atoms with Gasteiger partial charge in [-0.05, 0) is 47.5 Å². The molecule has 50 heavy (non-hydrogen) atoms. The largest absolute Gasteiger partial charge is 0.455 e. The molecule has 0 aliphatic carbocycles. The number of furan rings is 2. The zero-order valence-corrected chi connectivity index (χ0v) is 26.7. The summed E-state index contributed by atoms with van der Waals surface area (Å²) in [6, 6.07) is 51.9. The minimum Gasteiger partial charge on any atom is -0.455 e. The molecule has 5 heteroatoms. The monoisotopic (exact) mass is 641 g/mol. The molecule has 234 valence electrons. The minimum atomic E-state index is 0.621. The van der Waals surface area contributed by atoms with Crippen LogP contribution in [0.15, 0.2) is 173 Å². The van der Waals surface area contributed by atoms with Gasteiger partial charge in [-0.15, -0.1) is 0 Å². The van der Waals surface area contributed by atoms with Gasteiger partial charge in [0.25, 0.3) is 0 Å². The van der Waals surface area contributed by atoms with Crippen molar-refractivity contribution in [1.29, 1.82) is 0 Å². The highest BCUT2D eigenvalue weighted by Gasteiger charge is 2.18. The summed E-state index contributed by atoms with van der Waals surface area (Å²) in [6.45, 7) is 0. The third kappa shape index (κ3) is 4.67. The molecule has 0 N–H and O–H groups in total. The fraction of sp³-hybridized carbons (Fsp3) is 0. The second-order valence-corrected chi connectivity index (χ2v) is 12.4. The van der Waals surface area contributed by atoms with Gasteiger partial charge >= 0.3 is 0 Å². The smallest absolute Gasteiger partial charge is 0.160 e. The van der Waals surface area contributed by atoms with Gasteiger partial charge in [-0.25, -0.2) is 9.97 Å². The van der Waals surface area contributed by atoms with E-state index in [1.165, 1.54) is 5.56 Å². The van der Waals surface area contributed by atoms with Crippen LogP contribution in [0.1, 0.15) is 0 Å². The molecule has 10 rings (SSSR count). The number of aromatic nitrogens is 3. The number of pyridine rings is 1.